The highest BCUT2D eigenvalue weighted by Crippen LogP contribution is 2.21. The molecule has 0 unspecified atom stereocenters. The zero-order chi connectivity index (χ0) is 20.6. The minimum Gasteiger partial charge on any atom is -0.355 e. The number of alkyl halides is 3. The van der Waals surface area contributed by atoms with Gasteiger partial charge in [-0.15, -0.1) is 0 Å². The number of piperidine rings is 1. The van der Waals surface area contributed by atoms with Gasteiger partial charge in [-0.2, -0.15) is 13.2 Å². The molecule has 0 spiro atoms. The van der Waals surface area contributed by atoms with Crippen LogP contribution in [0.4, 0.5) is 13.2 Å². The maximum atomic E-state index is 12.2. The molecule has 1 aromatic rings. The molecule has 0 bridgehead atoms. The van der Waals surface area contributed by atoms with Crippen LogP contribution in [0.15, 0.2) is 24.3 Å². The number of carbonyl (C=O) groups is 2. The van der Waals surface area contributed by atoms with Crippen molar-refractivity contribution in [3.05, 3.63) is 35.4 Å². The lowest BCUT2D eigenvalue weighted by Gasteiger charge is -2.32. The SMILES string of the molecule is Cc1cccc(C(=O)NCC2CCN(CCNC(=O)CCC(F)(F)F)CC2)c1. The number of halogens is 3. The summed E-state index contributed by atoms with van der Waals surface area (Å²) in [6, 6.07) is 7.48. The first-order valence-electron chi connectivity index (χ1n) is 9.63. The Kier molecular flexibility index (Phi) is 8.29. The molecule has 1 aromatic carbocycles. The molecule has 28 heavy (non-hydrogen) atoms. The average Bonchev–Trinajstić information content (AvgIpc) is 2.65. The molecule has 0 saturated carbocycles. The second-order valence-electron chi connectivity index (χ2n) is 7.33. The van der Waals surface area contributed by atoms with Gasteiger partial charge in [-0.1, -0.05) is 17.7 Å². The maximum absolute atomic E-state index is 12.2. The van der Waals surface area contributed by atoms with Gasteiger partial charge >= 0.3 is 6.18 Å². The number of benzene rings is 1. The van der Waals surface area contributed by atoms with Gasteiger partial charge in [-0.3, -0.25) is 9.59 Å². The Balaban J connectivity index is 1.58. The van der Waals surface area contributed by atoms with E-state index in [1.165, 1.54) is 0 Å². The topological polar surface area (TPSA) is 61.4 Å². The van der Waals surface area contributed by atoms with E-state index < -0.39 is 24.9 Å². The Hall–Kier alpha value is -2.09. The number of nitrogens with one attached hydrogen (secondary N) is 2. The standard InChI is InChI=1S/C20H28F3N3O2/c1-15-3-2-4-17(13-15)19(28)25-14-16-6-10-26(11-7-16)12-9-24-18(27)5-8-20(21,22)23/h2-4,13,16H,5-12,14H2,1H3,(H,24,27)(H,25,28). The van der Waals surface area contributed by atoms with Gasteiger partial charge in [0.1, 0.15) is 0 Å². The van der Waals surface area contributed by atoms with Gasteiger partial charge in [0.2, 0.25) is 5.91 Å². The van der Waals surface area contributed by atoms with E-state index in [0.717, 1.165) is 31.5 Å². The minimum atomic E-state index is -4.30. The first kappa shape index (κ1) is 22.2. The highest BCUT2D eigenvalue weighted by Gasteiger charge is 2.27. The molecule has 5 nitrogen and oxygen atoms in total. The van der Waals surface area contributed by atoms with Crippen molar-refractivity contribution in [1.29, 1.82) is 0 Å². The van der Waals surface area contributed by atoms with Crippen LogP contribution in [0.5, 0.6) is 0 Å². The number of hydrogen-bond acceptors (Lipinski definition) is 3. The van der Waals surface area contributed by atoms with Crippen LogP contribution in [-0.4, -0.2) is 55.6 Å². The van der Waals surface area contributed by atoms with E-state index in [4.69, 9.17) is 0 Å². The molecule has 1 aliphatic heterocycles. The zero-order valence-corrected chi connectivity index (χ0v) is 16.1. The minimum absolute atomic E-state index is 0.0623. The van der Waals surface area contributed by atoms with Crippen molar-refractivity contribution in [2.45, 2.75) is 38.8 Å². The predicted molar refractivity (Wildman–Crippen MR) is 101 cm³/mol. The Morgan fingerprint density at radius 1 is 1.18 bits per heavy atom. The first-order chi connectivity index (χ1) is 13.2. The van der Waals surface area contributed by atoms with Gasteiger partial charge in [0, 0.05) is 31.6 Å². The number of carbonyl (C=O) groups excluding carboxylic acids is 2. The molecule has 1 heterocycles. The third-order valence-corrected chi connectivity index (χ3v) is 4.92. The fraction of sp³-hybridized carbons (Fsp3) is 0.600. The quantitative estimate of drug-likeness (QED) is 0.707. The molecule has 1 aliphatic rings. The fourth-order valence-corrected chi connectivity index (χ4v) is 3.24. The monoisotopic (exact) mass is 399 g/mol. The molecule has 8 heteroatoms. The lowest BCUT2D eigenvalue weighted by atomic mass is 9.96. The number of hydrogen-bond donors (Lipinski definition) is 2. The zero-order valence-electron chi connectivity index (χ0n) is 16.1. The highest BCUT2D eigenvalue weighted by atomic mass is 19.4. The molecular formula is C20H28F3N3O2. The van der Waals surface area contributed by atoms with Crippen molar-refractivity contribution in [2.24, 2.45) is 5.92 Å². The summed E-state index contributed by atoms with van der Waals surface area (Å²) < 4.78 is 36.2. The summed E-state index contributed by atoms with van der Waals surface area (Å²) in [4.78, 5) is 25.8. The van der Waals surface area contributed by atoms with Crippen LogP contribution < -0.4 is 10.6 Å². The van der Waals surface area contributed by atoms with Crippen LogP contribution in [0.25, 0.3) is 0 Å². The van der Waals surface area contributed by atoms with Crippen molar-refractivity contribution >= 4 is 11.8 Å². The van der Waals surface area contributed by atoms with Gasteiger partial charge in [0.25, 0.3) is 5.91 Å². The number of amides is 2. The van der Waals surface area contributed by atoms with Crippen LogP contribution in [0.2, 0.25) is 0 Å². The van der Waals surface area contributed by atoms with Gasteiger partial charge < -0.3 is 15.5 Å². The summed E-state index contributed by atoms with van der Waals surface area (Å²) in [5, 5.41) is 5.53. The van der Waals surface area contributed by atoms with Gasteiger partial charge in [0.05, 0.1) is 6.42 Å². The average molecular weight is 399 g/mol. The largest absolute Gasteiger partial charge is 0.389 e. The summed E-state index contributed by atoms with van der Waals surface area (Å²) in [7, 11) is 0. The lowest BCUT2D eigenvalue weighted by Crippen LogP contribution is -2.42. The molecule has 1 fully saturated rings. The second-order valence-corrected chi connectivity index (χ2v) is 7.33. The second kappa shape index (κ2) is 10.5. The van der Waals surface area contributed by atoms with E-state index in [1.807, 2.05) is 25.1 Å². The molecular weight excluding hydrogens is 371 g/mol. The smallest absolute Gasteiger partial charge is 0.355 e. The van der Waals surface area contributed by atoms with E-state index in [-0.39, 0.29) is 5.91 Å². The molecule has 1 saturated heterocycles. The van der Waals surface area contributed by atoms with Crippen LogP contribution in [-0.2, 0) is 4.79 Å². The van der Waals surface area contributed by atoms with Gasteiger partial charge in [-0.25, -0.2) is 0 Å². The summed E-state index contributed by atoms with van der Waals surface area (Å²) in [5.41, 5.74) is 1.71. The van der Waals surface area contributed by atoms with E-state index >= 15 is 0 Å². The third-order valence-electron chi connectivity index (χ3n) is 4.92. The van der Waals surface area contributed by atoms with Crippen molar-refractivity contribution in [3.63, 3.8) is 0 Å². The molecule has 0 aromatic heterocycles. The fourth-order valence-electron chi connectivity index (χ4n) is 3.24. The predicted octanol–water partition coefficient (Wildman–Crippen LogP) is 2.90. The van der Waals surface area contributed by atoms with Crippen molar-refractivity contribution in [3.8, 4) is 0 Å². The molecule has 2 N–H and O–H groups in total. The first-order valence-corrected chi connectivity index (χ1v) is 9.63. The summed E-state index contributed by atoms with van der Waals surface area (Å²) in [6.07, 6.45) is -4.02. The molecule has 156 valence electrons. The van der Waals surface area contributed by atoms with E-state index in [2.05, 4.69) is 15.5 Å². The van der Waals surface area contributed by atoms with Crippen LogP contribution in [0, 0.1) is 12.8 Å². The van der Waals surface area contributed by atoms with Crippen molar-refractivity contribution < 1.29 is 22.8 Å². The summed E-state index contributed by atoms with van der Waals surface area (Å²) in [5.74, 6) is -0.217. The Morgan fingerprint density at radius 3 is 2.54 bits per heavy atom. The number of rotatable bonds is 8. The van der Waals surface area contributed by atoms with E-state index in [1.54, 1.807) is 6.07 Å². The Labute approximate surface area is 163 Å². The summed E-state index contributed by atoms with van der Waals surface area (Å²) >= 11 is 0. The number of aryl methyl sites for hydroxylation is 1. The van der Waals surface area contributed by atoms with E-state index in [0.29, 0.717) is 31.1 Å². The molecule has 2 amide bonds. The van der Waals surface area contributed by atoms with E-state index in [9.17, 15) is 22.8 Å². The lowest BCUT2D eigenvalue weighted by molar-refractivity contribution is -0.144. The third kappa shape index (κ3) is 8.29. The van der Waals surface area contributed by atoms with Crippen LogP contribution in [0.3, 0.4) is 0 Å². The molecule has 0 radical (unpaired) electrons. The van der Waals surface area contributed by atoms with Gasteiger partial charge in [-0.05, 0) is 50.9 Å². The molecule has 0 atom stereocenters. The van der Waals surface area contributed by atoms with Crippen LogP contribution in [0.1, 0.15) is 41.6 Å². The Bertz CT molecular complexity index is 656. The summed E-state index contributed by atoms with van der Waals surface area (Å²) in [6.45, 7) is 5.26. The van der Waals surface area contributed by atoms with Crippen molar-refractivity contribution in [2.75, 3.05) is 32.7 Å². The normalized spacial score (nSPS) is 16.0. The number of likely N-dealkylation sites (tertiary alicyclic amines) is 1. The maximum Gasteiger partial charge on any atom is 0.389 e. The highest BCUT2D eigenvalue weighted by molar-refractivity contribution is 5.94. The van der Waals surface area contributed by atoms with Crippen LogP contribution >= 0.6 is 0 Å². The van der Waals surface area contributed by atoms with Crippen molar-refractivity contribution in [1.82, 2.24) is 15.5 Å². The Morgan fingerprint density at radius 2 is 1.89 bits per heavy atom. The molecule has 0 aliphatic carbocycles. The number of nitrogens with zero attached hydrogens (tertiary/aromatic N) is 1. The van der Waals surface area contributed by atoms with Gasteiger partial charge in [0.15, 0.2) is 0 Å². The molecule has 2 rings (SSSR count).